The van der Waals surface area contributed by atoms with Crippen LogP contribution in [0.5, 0.6) is 5.88 Å². The third-order valence-corrected chi connectivity index (χ3v) is 7.32. The van der Waals surface area contributed by atoms with Crippen LogP contribution in [0.4, 0.5) is 11.6 Å². The van der Waals surface area contributed by atoms with Crippen LogP contribution < -0.4 is 9.64 Å². The summed E-state index contributed by atoms with van der Waals surface area (Å²) < 4.78 is 6.44. The number of benzene rings is 1. The first-order valence-corrected chi connectivity index (χ1v) is 12.2. The Morgan fingerprint density at radius 2 is 1.85 bits per heavy atom. The molecule has 8 heteroatoms. The highest BCUT2D eigenvalue weighted by molar-refractivity contribution is 6.31. The Morgan fingerprint density at radius 1 is 1.12 bits per heavy atom. The number of nitrogens with zero attached hydrogens (tertiary/aromatic N) is 6. The van der Waals surface area contributed by atoms with Crippen LogP contribution in [0, 0.1) is 13.5 Å². The van der Waals surface area contributed by atoms with Crippen LogP contribution in [0.3, 0.4) is 0 Å². The summed E-state index contributed by atoms with van der Waals surface area (Å²) in [5.41, 5.74) is 4.44. The SMILES string of the molecule is [C-]#[N+]c1ccc(Cc2ncnc(OC3CC4CCC(C3)N4c3ncc(CC)cn3)c2C)c(Cl)c1. The summed E-state index contributed by atoms with van der Waals surface area (Å²) in [4.78, 5) is 24.0. The van der Waals surface area contributed by atoms with Gasteiger partial charge in [-0.15, -0.1) is 0 Å². The predicted molar refractivity (Wildman–Crippen MR) is 132 cm³/mol. The van der Waals surface area contributed by atoms with Gasteiger partial charge in [0.25, 0.3) is 0 Å². The molecule has 2 aliphatic rings. The topological polar surface area (TPSA) is 68.4 Å². The van der Waals surface area contributed by atoms with Crippen LogP contribution in [-0.2, 0) is 12.8 Å². The first kappa shape index (κ1) is 22.5. The van der Waals surface area contributed by atoms with Crippen molar-refractivity contribution in [3.05, 3.63) is 75.7 Å². The number of rotatable bonds is 6. The van der Waals surface area contributed by atoms with Gasteiger partial charge in [0.1, 0.15) is 12.4 Å². The number of piperidine rings is 1. The average molecular weight is 475 g/mol. The zero-order valence-electron chi connectivity index (χ0n) is 19.4. The van der Waals surface area contributed by atoms with Crippen LogP contribution in [0.25, 0.3) is 4.85 Å². The highest BCUT2D eigenvalue weighted by Crippen LogP contribution is 2.39. The molecule has 0 radical (unpaired) electrons. The minimum Gasteiger partial charge on any atom is -0.474 e. The standard InChI is InChI=1S/C26H27ClN6O/c1-4-17-13-29-26(30-14-17)33-20-7-8-21(33)12-22(11-20)34-25-16(2)24(31-15-32-25)9-18-5-6-19(28-3)10-23(18)27/h5-6,10,13-15,20-22H,4,7-9,11-12H2,1-2H3. The minimum absolute atomic E-state index is 0.103. The van der Waals surface area contributed by atoms with Gasteiger partial charge in [-0.05, 0) is 43.4 Å². The number of ether oxygens (including phenoxy) is 1. The highest BCUT2D eigenvalue weighted by atomic mass is 35.5. The van der Waals surface area contributed by atoms with Crippen molar-refractivity contribution in [3.8, 4) is 5.88 Å². The van der Waals surface area contributed by atoms with Crippen LogP contribution in [-0.4, -0.2) is 38.1 Å². The molecule has 1 aromatic carbocycles. The number of anilines is 1. The van der Waals surface area contributed by atoms with E-state index in [1.807, 2.05) is 25.4 Å². The Labute approximate surface area is 205 Å². The molecule has 0 amide bonds. The Bertz CT molecular complexity index is 1210. The molecule has 34 heavy (non-hydrogen) atoms. The summed E-state index contributed by atoms with van der Waals surface area (Å²) in [6.07, 6.45) is 11.2. The van der Waals surface area contributed by atoms with Crippen molar-refractivity contribution in [1.82, 2.24) is 19.9 Å². The van der Waals surface area contributed by atoms with E-state index in [1.165, 1.54) is 0 Å². The lowest BCUT2D eigenvalue weighted by Gasteiger charge is -2.38. The van der Waals surface area contributed by atoms with Crippen LogP contribution >= 0.6 is 11.6 Å². The van der Waals surface area contributed by atoms with Crippen molar-refractivity contribution in [2.24, 2.45) is 0 Å². The molecule has 2 unspecified atom stereocenters. The molecule has 2 fully saturated rings. The lowest BCUT2D eigenvalue weighted by Crippen LogP contribution is -2.47. The maximum absolute atomic E-state index is 7.15. The number of aromatic nitrogens is 4. The quantitative estimate of drug-likeness (QED) is 0.439. The molecule has 2 atom stereocenters. The molecule has 2 aliphatic heterocycles. The molecule has 5 rings (SSSR count). The van der Waals surface area contributed by atoms with E-state index in [0.29, 0.717) is 35.1 Å². The molecular weight excluding hydrogens is 448 g/mol. The monoisotopic (exact) mass is 474 g/mol. The first-order valence-electron chi connectivity index (χ1n) is 11.8. The maximum atomic E-state index is 7.15. The van der Waals surface area contributed by atoms with E-state index in [2.05, 4.69) is 36.6 Å². The lowest BCUT2D eigenvalue weighted by atomic mass is 10.00. The zero-order chi connectivity index (χ0) is 23.7. The van der Waals surface area contributed by atoms with Crippen LogP contribution in [0.2, 0.25) is 5.02 Å². The average Bonchev–Trinajstić information content (AvgIpc) is 3.12. The van der Waals surface area contributed by atoms with Gasteiger partial charge in [0.05, 0.1) is 12.3 Å². The van der Waals surface area contributed by atoms with Gasteiger partial charge in [0.15, 0.2) is 5.69 Å². The Hall–Kier alpha value is -3.24. The van der Waals surface area contributed by atoms with E-state index in [9.17, 15) is 0 Å². The Kier molecular flexibility index (Phi) is 6.34. The van der Waals surface area contributed by atoms with Gasteiger partial charge in [-0.1, -0.05) is 30.7 Å². The van der Waals surface area contributed by atoms with Crippen molar-refractivity contribution in [3.63, 3.8) is 0 Å². The van der Waals surface area contributed by atoms with E-state index in [-0.39, 0.29) is 6.10 Å². The van der Waals surface area contributed by atoms with Gasteiger partial charge in [0.2, 0.25) is 11.8 Å². The number of halogens is 1. The van der Waals surface area contributed by atoms with Crippen molar-refractivity contribution in [2.45, 2.75) is 70.6 Å². The summed E-state index contributed by atoms with van der Waals surface area (Å²) >= 11 is 6.39. The third-order valence-electron chi connectivity index (χ3n) is 6.96. The molecule has 2 aromatic heterocycles. The smallest absolute Gasteiger partial charge is 0.225 e. The molecular formula is C26H27ClN6O. The molecule has 0 spiro atoms. The van der Waals surface area contributed by atoms with E-state index < -0.39 is 0 Å². The molecule has 2 saturated heterocycles. The van der Waals surface area contributed by atoms with Gasteiger partial charge in [0, 0.05) is 54.3 Å². The number of hydrogen-bond acceptors (Lipinski definition) is 6. The molecule has 0 saturated carbocycles. The minimum atomic E-state index is 0.103. The lowest BCUT2D eigenvalue weighted by molar-refractivity contribution is 0.142. The fraction of sp³-hybridized carbons (Fsp3) is 0.423. The van der Waals surface area contributed by atoms with Crippen molar-refractivity contribution in [2.75, 3.05) is 4.90 Å². The van der Waals surface area contributed by atoms with E-state index in [1.54, 1.807) is 18.5 Å². The van der Waals surface area contributed by atoms with Crippen molar-refractivity contribution in [1.29, 1.82) is 0 Å². The van der Waals surface area contributed by atoms with Gasteiger partial charge in [-0.25, -0.2) is 24.8 Å². The maximum Gasteiger partial charge on any atom is 0.225 e. The van der Waals surface area contributed by atoms with Gasteiger partial charge in [-0.2, -0.15) is 0 Å². The molecule has 3 aromatic rings. The summed E-state index contributed by atoms with van der Waals surface area (Å²) in [7, 11) is 0. The summed E-state index contributed by atoms with van der Waals surface area (Å²) in [6, 6.07) is 6.14. The first-order chi connectivity index (χ1) is 16.6. The Balaban J connectivity index is 1.29. The van der Waals surface area contributed by atoms with Crippen LogP contribution in [0.1, 0.15) is 55.0 Å². The molecule has 0 N–H and O–H groups in total. The zero-order valence-corrected chi connectivity index (χ0v) is 20.2. The number of fused-ring (bicyclic) bond motifs is 2. The largest absolute Gasteiger partial charge is 0.474 e. The third kappa shape index (κ3) is 4.43. The van der Waals surface area contributed by atoms with E-state index >= 15 is 0 Å². The molecule has 4 heterocycles. The van der Waals surface area contributed by atoms with Gasteiger partial charge < -0.3 is 9.64 Å². The highest BCUT2D eigenvalue weighted by Gasteiger charge is 2.43. The van der Waals surface area contributed by atoms with Crippen molar-refractivity contribution < 1.29 is 4.74 Å². The second-order valence-electron chi connectivity index (χ2n) is 9.06. The number of hydrogen-bond donors (Lipinski definition) is 0. The molecule has 7 nitrogen and oxygen atoms in total. The van der Waals surface area contributed by atoms with E-state index in [4.69, 9.17) is 22.9 Å². The molecule has 174 valence electrons. The summed E-state index contributed by atoms with van der Waals surface area (Å²) in [5, 5.41) is 0.576. The predicted octanol–water partition coefficient (Wildman–Crippen LogP) is 5.51. The van der Waals surface area contributed by atoms with Crippen molar-refractivity contribution >= 4 is 23.2 Å². The fourth-order valence-corrected chi connectivity index (χ4v) is 5.31. The van der Waals surface area contributed by atoms with E-state index in [0.717, 1.165) is 60.4 Å². The van der Waals surface area contributed by atoms with Gasteiger partial charge in [-0.3, -0.25) is 0 Å². The number of aryl methyl sites for hydroxylation is 1. The summed E-state index contributed by atoms with van der Waals surface area (Å²) in [6.45, 7) is 11.3. The second kappa shape index (κ2) is 9.55. The molecule has 2 bridgehead atoms. The van der Waals surface area contributed by atoms with Gasteiger partial charge >= 0.3 is 0 Å². The fourth-order valence-electron chi connectivity index (χ4n) is 5.07. The van der Waals surface area contributed by atoms with Crippen LogP contribution in [0.15, 0.2) is 36.9 Å². The second-order valence-corrected chi connectivity index (χ2v) is 9.47. The normalized spacial score (nSPS) is 21.4. The molecule has 0 aliphatic carbocycles. The summed E-state index contributed by atoms with van der Waals surface area (Å²) in [5.74, 6) is 1.48. The Morgan fingerprint density at radius 3 is 2.50 bits per heavy atom.